The van der Waals surface area contributed by atoms with Gasteiger partial charge in [-0.1, -0.05) is 0 Å². The third-order valence-electron chi connectivity index (χ3n) is 2.98. The maximum Gasteiger partial charge on any atom is 0.244 e. The second-order valence-corrected chi connectivity index (χ2v) is 7.74. The van der Waals surface area contributed by atoms with E-state index in [1.807, 2.05) is 13.8 Å². The Hall–Kier alpha value is -0.180. The highest BCUT2D eigenvalue weighted by Crippen LogP contribution is 2.28. The normalized spacial score (nSPS) is 21.1. The van der Waals surface area contributed by atoms with Gasteiger partial charge in [-0.25, -0.2) is 8.42 Å². The summed E-state index contributed by atoms with van der Waals surface area (Å²) in [6.45, 7) is 5.24. The number of hydrogen-bond donors (Lipinski definition) is 1. The van der Waals surface area contributed by atoms with Crippen LogP contribution >= 0.6 is 23.7 Å². The fraction of sp³-hybridized carbons (Fsp3) is 0.636. The fourth-order valence-electron chi connectivity index (χ4n) is 2.06. The van der Waals surface area contributed by atoms with E-state index in [-0.39, 0.29) is 18.5 Å². The van der Waals surface area contributed by atoms with Gasteiger partial charge in [-0.05, 0) is 19.9 Å². The summed E-state index contributed by atoms with van der Waals surface area (Å²) in [5.74, 6) is 0. The average molecular weight is 327 g/mol. The van der Waals surface area contributed by atoms with Crippen LogP contribution in [0.2, 0.25) is 0 Å². The highest BCUT2D eigenvalue weighted by molar-refractivity contribution is 7.89. The minimum atomic E-state index is -3.41. The van der Waals surface area contributed by atoms with Gasteiger partial charge < -0.3 is 10.5 Å². The summed E-state index contributed by atoms with van der Waals surface area (Å²) in [4.78, 5) is 2.26. The number of sulfonamides is 1. The first-order valence-electron chi connectivity index (χ1n) is 5.84. The monoisotopic (exact) mass is 326 g/mol. The molecule has 0 aromatic carbocycles. The molecule has 0 spiro atoms. The molecule has 0 amide bonds. The van der Waals surface area contributed by atoms with E-state index >= 15 is 0 Å². The molecule has 0 saturated carbocycles. The van der Waals surface area contributed by atoms with Crippen molar-refractivity contribution in [1.29, 1.82) is 0 Å². The summed E-state index contributed by atoms with van der Waals surface area (Å²) in [6.07, 6.45) is -0.200. The molecule has 2 rings (SSSR count). The zero-order valence-corrected chi connectivity index (χ0v) is 13.4. The van der Waals surface area contributed by atoms with Crippen LogP contribution in [0.15, 0.2) is 11.0 Å². The summed E-state index contributed by atoms with van der Waals surface area (Å²) in [5.41, 5.74) is 5.54. The quantitative estimate of drug-likeness (QED) is 0.904. The van der Waals surface area contributed by atoms with Gasteiger partial charge in [-0.15, -0.1) is 23.7 Å². The van der Waals surface area contributed by atoms with Crippen molar-refractivity contribution in [1.82, 2.24) is 4.31 Å². The van der Waals surface area contributed by atoms with Crippen LogP contribution in [0.3, 0.4) is 0 Å². The predicted molar refractivity (Wildman–Crippen MR) is 78.6 cm³/mol. The fourth-order valence-corrected chi connectivity index (χ4v) is 5.04. The van der Waals surface area contributed by atoms with Crippen LogP contribution in [0, 0.1) is 13.8 Å². The lowest BCUT2D eigenvalue weighted by atomic mass is 10.3. The van der Waals surface area contributed by atoms with Crippen molar-refractivity contribution in [3.05, 3.63) is 15.8 Å². The number of ether oxygens (including phenoxy) is 1. The maximum atomic E-state index is 12.5. The predicted octanol–water partition coefficient (Wildman–Crippen LogP) is 1.13. The summed E-state index contributed by atoms with van der Waals surface area (Å²) < 4.78 is 31.9. The molecule has 1 aromatic heterocycles. The molecule has 8 heteroatoms. The van der Waals surface area contributed by atoms with Crippen molar-refractivity contribution in [3.8, 4) is 0 Å². The van der Waals surface area contributed by atoms with E-state index in [0.29, 0.717) is 31.1 Å². The van der Waals surface area contributed by atoms with Crippen molar-refractivity contribution in [3.63, 3.8) is 0 Å². The lowest BCUT2D eigenvalue weighted by molar-refractivity contribution is 0.00450. The summed E-state index contributed by atoms with van der Waals surface area (Å²) in [5, 5.41) is 0. The number of aryl methyl sites for hydroxylation is 2. The molecule has 1 atom stereocenters. The van der Waals surface area contributed by atoms with Crippen LogP contribution in [0.4, 0.5) is 0 Å². The van der Waals surface area contributed by atoms with Crippen LogP contribution in [0.5, 0.6) is 0 Å². The molecule has 5 nitrogen and oxygen atoms in total. The smallest absolute Gasteiger partial charge is 0.244 e. The first kappa shape index (κ1) is 16.9. The number of hydrogen-bond acceptors (Lipinski definition) is 5. The molecule has 1 fully saturated rings. The second kappa shape index (κ2) is 6.51. The Balaban J connectivity index is 0.00000180. The van der Waals surface area contributed by atoms with Crippen LogP contribution in [-0.4, -0.2) is 45.1 Å². The van der Waals surface area contributed by atoms with Crippen LogP contribution < -0.4 is 5.73 Å². The number of nitrogens with zero attached hydrogens (tertiary/aromatic N) is 1. The summed E-state index contributed by atoms with van der Waals surface area (Å²) in [6, 6.07) is 1.74. The Kier molecular flexibility index (Phi) is 5.78. The van der Waals surface area contributed by atoms with Gasteiger partial charge >= 0.3 is 0 Å². The number of nitrogens with two attached hydrogens (primary N) is 1. The van der Waals surface area contributed by atoms with Crippen molar-refractivity contribution in [2.24, 2.45) is 5.73 Å². The molecule has 0 aliphatic carbocycles. The molecule has 1 aliphatic rings. The minimum absolute atomic E-state index is 0. The Morgan fingerprint density at radius 3 is 2.74 bits per heavy atom. The number of halogens is 1. The lowest BCUT2D eigenvalue weighted by Crippen LogP contribution is -2.48. The van der Waals surface area contributed by atoms with E-state index in [0.717, 1.165) is 9.75 Å². The van der Waals surface area contributed by atoms with Crippen molar-refractivity contribution >= 4 is 33.8 Å². The maximum absolute atomic E-state index is 12.5. The van der Waals surface area contributed by atoms with E-state index in [2.05, 4.69) is 0 Å². The largest absolute Gasteiger partial charge is 0.374 e. The van der Waals surface area contributed by atoms with Crippen LogP contribution in [0.1, 0.15) is 9.75 Å². The lowest BCUT2D eigenvalue weighted by Gasteiger charge is -2.31. The Morgan fingerprint density at radius 1 is 1.53 bits per heavy atom. The van der Waals surface area contributed by atoms with Gasteiger partial charge in [0.05, 0.1) is 17.6 Å². The molecule has 110 valence electrons. The summed E-state index contributed by atoms with van der Waals surface area (Å²) >= 11 is 1.50. The van der Waals surface area contributed by atoms with Gasteiger partial charge in [0.25, 0.3) is 0 Å². The third kappa shape index (κ3) is 3.48. The average Bonchev–Trinajstić information content (AvgIpc) is 2.69. The molecular formula is C11H19ClN2O3S2. The minimum Gasteiger partial charge on any atom is -0.374 e. The molecule has 2 heterocycles. The molecular weight excluding hydrogens is 308 g/mol. The molecule has 2 N–H and O–H groups in total. The molecule has 19 heavy (non-hydrogen) atoms. The molecule has 1 aromatic rings. The number of rotatable bonds is 3. The Morgan fingerprint density at radius 2 is 2.21 bits per heavy atom. The van der Waals surface area contributed by atoms with E-state index in [4.69, 9.17) is 10.5 Å². The van der Waals surface area contributed by atoms with Gasteiger partial charge in [-0.2, -0.15) is 4.31 Å². The molecule has 1 unspecified atom stereocenters. The number of morpholine rings is 1. The Bertz CT molecular complexity index is 530. The van der Waals surface area contributed by atoms with Crippen LogP contribution in [-0.2, 0) is 14.8 Å². The van der Waals surface area contributed by atoms with Gasteiger partial charge in [-0.3, -0.25) is 0 Å². The third-order valence-corrected chi connectivity index (χ3v) is 6.06. The van der Waals surface area contributed by atoms with E-state index < -0.39 is 10.0 Å². The number of thiophene rings is 1. The summed E-state index contributed by atoms with van der Waals surface area (Å²) in [7, 11) is -3.41. The molecule has 1 aliphatic heterocycles. The van der Waals surface area contributed by atoms with Gasteiger partial charge in [0.1, 0.15) is 0 Å². The van der Waals surface area contributed by atoms with E-state index in [1.54, 1.807) is 6.07 Å². The van der Waals surface area contributed by atoms with Crippen molar-refractivity contribution in [2.45, 2.75) is 24.8 Å². The zero-order chi connectivity index (χ0) is 13.3. The van der Waals surface area contributed by atoms with Crippen LogP contribution in [0.25, 0.3) is 0 Å². The first-order valence-corrected chi connectivity index (χ1v) is 8.09. The van der Waals surface area contributed by atoms with E-state index in [1.165, 1.54) is 15.6 Å². The van der Waals surface area contributed by atoms with Crippen molar-refractivity contribution < 1.29 is 13.2 Å². The molecule has 0 radical (unpaired) electrons. The van der Waals surface area contributed by atoms with Gasteiger partial charge in [0.2, 0.25) is 10.0 Å². The van der Waals surface area contributed by atoms with E-state index in [9.17, 15) is 8.42 Å². The highest BCUT2D eigenvalue weighted by atomic mass is 35.5. The SMILES string of the molecule is Cc1cc(S(=O)(=O)N2CCOC(CN)C2)c(C)s1.Cl. The zero-order valence-electron chi connectivity index (χ0n) is 11.0. The molecule has 0 bridgehead atoms. The molecule has 1 saturated heterocycles. The standard InChI is InChI=1S/C11H18N2O3S2.ClH/c1-8-5-11(9(2)17-8)18(14,15)13-3-4-16-10(6-12)7-13;/h5,10H,3-4,6-7,12H2,1-2H3;1H. The Labute approximate surface area is 124 Å². The second-order valence-electron chi connectivity index (χ2n) is 4.37. The van der Waals surface area contributed by atoms with Gasteiger partial charge in [0.15, 0.2) is 0 Å². The van der Waals surface area contributed by atoms with Gasteiger partial charge in [0, 0.05) is 29.4 Å². The topological polar surface area (TPSA) is 72.6 Å². The van der Waals surface area contributed by atoms with Crippen molar-refractivity contribution in [2.75, 3.05) is 26.2 Å². The first-order chi connectivity index (χ1) is 8.45. The highest BCUT2D eigenvalue weighted by Gasteiger charge is 2.31.